The average Bonchev–Trinajstić information content (AvgIpc) is 2.67. The quantitative estimate of drug-likeness (QED) is 0.785. The van der Waals surface area contributed by atoms with Crippen LogP contribution in [0.3, 0.4) is 0 Å². The molecule has 1 aliphatic rings. The van der Waals surface area contributed by atoms with Gasteiger partial charge in [-0.3, -0.25) is 4.79 Å². The molecule has 1 aromatic heterocycles. The lowest BCUT2D eigenvalue weighted by Crippen LogP contribution is -2.42. The monoisotopic (exact) mass is 340 g/mol. The minimum atomic E-state index is 0.217. The highest BCUT2D eigenvalue weighted by atomic mass is 16.5. The molecule has 1 amide bonds. The fourth-order valence-electron chi connectivity index (χ4n) is 2.95. The van der Waals surface area contributed by atoms with E-state index in [9.17, 15) is 4.79 Å². The number of amides is 1. The number of likely N-dealkylation sites (tertiary alicyclic amines) is 1. The minimum Gasteiger partial charge on any atom is -0.494 e. The van der Waals surface area contributed by atoms with Gasteiger partial charge in [-0.05, 0) is 43.5 Å². The van der Waals surface area contributed by atoms with E-state index in [0.29, 0.717) is 19.1 Å². The van der Waals surface area contributed by atoms with Gasteiger partial charge in [0.05, 0.1) is 6.61 Å². The summed E-state index contributed by atoms with van der Waals surface area (Å²) >= 11 is 0. The Morgan fingerprint density at radius 2 is 1.96 bits per heavy atom. The highest BCUT2D eigenvalue weighted by Crippen LogP contribution is 2.16. The summed E-state index contributed by atoms with van der Waals surface area (Å²) in [4.78, 5) is 14.3. The van der Waals surface area contributed by atoms with Gasteiger partial charge in [0.25, 0.3) is 0 Å². The molecule has 6 heteroatoms. The van der Waals surface area contributed by atoms with E-state index in [1.165, 1.54) is 0 Å². The number of aromatic nitrogens is 2. The van der Waals surface area contributed by atoms with Crippen molar-refractivity contribution < 1.29 is 9.53 Å². The summed E-state index contributed by atoms with van der Waals surface area (Å²) in [6.45, 7) is 2.15. The van der Waals surface area contributed by atoms with Crippen LogP contribution >= 0.6 is 0 Å². The number of para-hydroxylation sites is 1. The van der Waals surface area contributed by atoms with Crippen LogP contribution in [0.1, 0.15) is 25.7 Å². The molecule has 0 bridgehead atoms. The maximum atomic E-state index is 12.3. The van der Waals surface area contributed by atoms with E-state index in [-0.39, 0.29) is 5.91 Å². The van der Waals surface area contributed by atoms with Crippen LogP contribution in [-0.4, -0.2) is 46.7 Å². The van der Waals surface area contributed by atoms with E-state index < -0.39 is 0 Å². The molecule has 0 spiro atoms. The van der Waals surface area contributed by atoms with Crippen LogP contribution in [0.15, 0.2) is 48.7 Å². The van der Waals surface area contributed by atoms with Crippen molar-refractivity contribution in [3.8, 4) is 5.75 Å². The maximum Gasteiger partial charge on any atom is 0.222 e. The molecule has 1 fully saturated rings. The lowest BCUT2D eigenvalue weighted by Gasteiger charge is -2.32. The molecule has 0 unspecified atom stereocenters. The van der Waals surface area contributed by atoms with Gasteiger partial charge in [0.1, 0.15) is 11.6 Å². The Morgan fingerprint density at radius 1 is 1.16 bits per heavy atom. The summed E-state index contributed by atoms with van der Waals surface area (Å²) in [5, 5.41) is 11.3. The molecule has 0 atom stereocenters. The average molecular weight is 340 g/mol. The molecule has 1 aliphatic heterocycles. The zero-order valence-electron chi connectivity index (χ0n) is 14.3. The predicted octanol–water partition coefficient (Wildman–Crippen LogP) is 2.74. The smallest absolute Gasteiger partial charge is 0.222 e. The van der Waals surface area contributed by atoms with Crippen molar-refractivity contribution in [2.24, 2.45) is 0 Å². The fraction of sp³-hybridized carbons (Fsp3) is 0.421. The number of carbonyl (C=O) groups excluding carboxylic acids is 1. The lowest BCUT2D eigenvalue weighted by atomic mass is 10.0. The first-order chi connectivity index (χ1) is 12.3. The molecule has 1 saturated heterocycles. The van der Waals surface area contributed by atoms with Crippen LogP contribution in [0, 0.1) is 0 Å². The molecule has 2 aromatic rings. The SMILES string of the molecule is O=C(CCCOc1ccccc1)N1CCC(Nc2cccnn2)CC1. The molecule has 25 heavy (non-hydrogen) atoms. The van der Waals surface area contributed by atoms with Crippen LogP contribution in [0.5, 0.6) is 5.75 Å². The number of piperidine rings is 1. The summed E-state index contributed by atoms with van der Waals surface area (Å²) in [5.74, 6) is 1.87. The second-order valence-corrected chi connectivity index (χ2v) is 6.17. The number of rotatable bonds is 7. The zero-order valence-corrected chi connectivity index (χ0v) is 14.3. The van der Waals surface area contributed by atoms with Gasteiger partial charge in [-0.2, -0.15) is 5.10 Å². The van der Waals surface area contributed by atoms with E-state index in [0.717, 1.165) is 43.9 Å². The summed E-state index contributed by atoms with van der Waals surface area (Å²) in [6.07, 6.45) is 4.81. The van der Waals surface area contributed by atoms with Gasteiger partial charge in [0, 0.05) is 31.7 Å². The van der Waals surface area contributed by atoms with Crippen molar-refractivity contribution in [3.05, 3.63) is 48.7 Å². The van der Waals surface area contributed by atoms with E-state index in [2.05, 4.69) is 15.5 Å². The van der Waals surface area contributed by atoms with Gasteiger partial charge in [0.2, 0.25) is 5.91 Å². The highest BCUT2D eigenvalue weighted by Gasteiger charge is 2.22. The summed E-state index contributed by atoms with van der Waals surface area (Å²) in [7, 11) is 0. The van der Waals surface area contributed by atoms with E-state index in [1.807, 2.05) is 47.4 Å². The molecule has 132 valence electrons. The van der Waals surface area contributed by atoms with Gasteiger partial charge in [-0.1, -0.05) is 18.2 Å². The predicted molar refractivity (Wildman–Crippen MR) is 96.4 cm³/mol. The molecular weight excluding hydrogens is 316 g/mol. The Kier molecular flexibility index (Phi) is 6.20. The maximum absolute atomic E-state index is 12.3. The summed E-state index contributed by atoms with van der Waals surface area (Å²) in [5.41, 5.74) is 0. The van der Waals surface area contributed by atoms with Crippen molar-refractivity contribution in [1.82, 2.24) is 15.1 Å². The molecule has 0 radical (unpaired) electrons. The van der Waals surface area contributed by atoms with Crippen molar-refractivity contribution >= 4 is 11.7 Å². The molecule has 2 heterocycles. The number of hydrogen-bond acceptors (Lipinski definition) is 5. The van der Waals surface area contributed by atoms with Gasteiger partial charge >= 0.3 is 0 Å². The Bertz CT molecular complexity index is 643. The Hall–Kier alpha value is -2.63. The number of benzene rings is 1. The standard InChI is InChI=1S/C19H24N4O2/c24-19(9-5-15-25-17-6-2-1-3-7-17)23-13-10-16(11-14-23)21-18-8-4-12-20-22-18/h1-4,6-8,12,16H,5,9-11,13-15H2,(H,21,22). The first kappa shape index (κ1) is 17.2. The minimum absolute atomic E-state index is 0.217. The van der Waals surface area contributed by atoms with Gasteiger partial charge in [-0.25, -0.2) is 0 Å². The number of nitrogens with zero attached hydrogens (tertiary/aromatic N) is 3. The first-order valence-corrected chi connectivity index (χ1v) is 8.81. The van der Waals surface area contributed by atoms with E-state index in [4.69, 9.17) is 4.74 Å². The largest absolute Gasteiger partial charge is 0.494 e. The van der Waals surface area contributed by atoms with Crippen molar-refractivity contribution in [3.63, 3.8) is 0 Å². The molecule has 1 N–H and O–H groups in total. The van der Waals surface area contributed by atoms with Crippen LogP contribution in [0.25, 0.3) is 0 Å². The van der Waals surface area contributed by atoms with E-state index >= 15 is 0 Å². The first-order valence-electron chi connectivity index (χ1n) is 8.81. The topological polar surface area (TPSA) is 67.3 Å². The Labute approximate surface area is 148 Å². The molecule has 0 aliphatic carbocycles. The third-order valence-corrected chi connectivity index (χ3v) is 4.32. The molecular formula is C19H24N4O2. The summed E-state index contributed by atoms with van der Waals surface area (Å²) in [6, 6.07) is 13.8. The van der Waals surface area contributed by atoms with Crippen LogP contribution in [0.4, 0.5) is 5.82 Å². The van der Waals surface area contributed by atoms with Gasteiger partial charge < -0.3 is 15.0 Å². The Balaban J connectivity index is 1.33. The third kappa shape index (κ3) is 5.45. The van der Waals surface area contributed by atoms with Crippen LogP contribution < -0.4 is 10.1 Å². The summed E-state index contributed by atoms with van der Waals surface area (Å²) < 4.78 is 5.63. The highest BCUT2D eigenvalue weighted by molar-refractivity contribution is 5.76. The molecule has 3 rings (SSSR count). The number of nitrogens with one attached hydrogen (secondary N) is 1. The number of carbonyl (C=O) groups is 1. The van der Waals surface area contributed by atoms with Crippen molar-refractivity contribution in [2.45, 2.75) is 31.7 Å². The molecule has 0 saturated carbocycles. The third-order valence-electron chi connectivity index (χ3n) is 4.32. The molecule has 6 nitrogen and oxygen atoms in total. The lowest BCUT2D eigenvalue weighted by molar-refractivity contribution is -0.132. The van der Waals surface area contributed by atoms with Gasteiger partial charge in [0.15, 0.2) is 0 Å². The Morgan fingerprint density at radius 3 is 2.68 bits per heavy atom. The van der Waals surface area contributed by atoms with Gasteiger partial charge in [-0.15, -0.1) is 5.10 Å². The zero-order chi connectivity index (χ0) is 17.3. The van der Waals surface area contributed by atoms with E-state index in [1.54, 1.807) is 6.20 Å². The number of ether oxygens (including phenoxy) is 1. The second kappa shape index (κ2) is 9.01. The second-order valence-electron chi connectivity index (χ2n) is 6.17. The normalized spacial score (nSPS) is 15.0. The van der Waals surface area contributed by atoms with Crippen LogP contribution in [0.2, 0.25) is 0 Å². The number of anilines is 1. The number of hydrogen-bond donors (Lipinski definition) is 1. The van der Waals surface area contributed by atoms with Crippen molar-refractivity contribution in [1.29, 1.82) is 0 Å². The molecule has 1 aromatic carbocycles. The van der Waals surface area contributed by atoms with Crippen molar-refractivity contribution in [2.75, 3.05) is 25.0 Å². The fourth-order valence-corrected chi connectivity index (χ4v) is 2.95. The van der Waals surface area contributed by atoms with Crippen LogP contribution in [-0.2, 0) is 4.79 Å².